The molecule has 7 aliphatic rings. The van der Waals surface area contributed by atoms with Crippen LogP contribution < -0.4 is 20.4 Å². The molecular formula is C47H64N14O2. The summed E-state index contributed by atoms with van der Waals surface area (Å²) in [7, 11) is 0. The van der Waals surface area contributed by atoms with Crippen molar-refractivity contribution in [1.29, 1.82) is 0 Å². The van der Waals surface area contributed by atoms with Crippen LogP contribution in [0, 0.1) is 11.8 Å². The number of likely N-dealkylation sites (tertiary alicyclic amines) is 2. The normalized spacial score (nSPS) is 25.7. The van der Waals surface area contributed by atoms with Crippen molar-refractivity contribution in [3.63, 3.8) is 0 Å². The van der Waals surface area contributed by atoms with Gasteiger partial charge in [-0.05, 0) is 127 Å². The molecule has 4 aromatic heterocycles. The van der Waals surface area contributed by atoms with Crippen LogP contribution in [0.5, 0.6) is 0 Å². The van der Waals surface area contributed by atoms with Gasteiger partial charge in [0, 0.05) is 79.8 Å². The van der Waals surface area contributed by atoms with Gasteiger partial charge in [-0.2, -0.15) is 20.2 Å². The third-order valence-electron chi connectivity index (χ3n) is 15.5. The number of rotatable bonds is 11. The van der Waals surface area contributed by atoms with Gasteiger partial charge in [0.25, 0.3) is 0 Å². The Morgan fingerprint density at radius 1 is 0.619 bits per heavy atom. The van der Waals surface area contributed by atoms with Gasteiger partial charge in [0.15, 0.2) is 11.6 Å². The van der Waals surface area contributed by atoms with E-state index in [-0.39, 0.29) is 23.9 Å². The van der Waals surface area contributed by atoms with E-state index in [1.807, 2.05) is 4.90 Å². The summed E-state index contributed by atoms with van der Waals surface area (Å²) in [6, 6.07) is 3.82. The number of carbonyl (C=O) groups excluding carboxylic acids is 2. The van der Waals surface area contributed by atoms with Gasteiger partial charge in [0.05, 0.1) is 11.4 Å². The highest BCUT2D eigenvalue weighted by molar-refractivity contribution is 5.86. The van der Waals surface area contributed by atoms with E-state index in [1.54, 1.807) is 0 Å². The summed E-state index contributed by atoms with van der Waals surface area (Å²) in [5.41, 5.74) is 6.79. The number of carbonyl (C=O) groups is 2. The largest absolute Gasteiger partial charge is 0.341 e. The van der Waals surface area contributed by atoms with Crippen LogP contribution in [0.1, 0.15) is 143 Å². The van der Waals surface area contributed by atoms with E-state index >= 15 is 0 Å². The molecule has 1 saturated carbocycles. The maximum Gasteiger partial charge on any atom is 0.245 e. The minimum atomic E-state index is -0.247. The third-order valence-corrected chi connectivity index (χ3v) is 15.5. The van der Waals surface area contributed by atoms with E-state index < -0.39 is 0 Å². The van der Waals surface area contributed by atoms with Crippen LogP contribution >= 0.6 is 0 Å². The number of hydrogen-bond donors (Lipinski definition) is 4. The molecule has 5 fully saturated rings. The minimum Gasteiger partial charge on any atom is -0.341 e. The highest BCUT2D eigenvalue weighted by Crippen LogP contribution is 2.44. The second kappa shape index (κ2) is 17.0. The third kappa shape index (κ3) is 7.89. The molecule has 0 radical (unpaired) electrons. The molecule has 16 heteroatoms. The van der Waals surface area contributed by atoms with Crippen LogP contribution in [0.2, 0.25) is 0 Å². The standard InChI is InChI=1S/C47H64N14O2/c1-28(2)36-25-40(56-54-36)50-43-33-11-8-13-35(33)49-47(53-43)61-27-31(24-39(61)45(63)59-21-5-6-22-59)29-15-17-30(18-16-29)37-26-41(57-55-37)51-42-32-10-7-12-34(32)48-46(52-42)60-23-9-14-38(60)44(62)58-19-3-4-20-58/h25-26,28-31,38-39H,3-24,27H2,1-2H3,(H2,48,51,52,55,57)(H2,49,50,53,54,56). The number of nitrogens with zero attached hydrogens (tertiary/aromatic N) is 10. The average Bonchev–Trinajstić information content (AvgIpc) is 4.15. The van der Waals surface area contributed by atoms with E-state index in [0.29, 0.717) is 35.6 Å². The zero-order valence-corrected chi connectivity index (χ0v) is 37.2. The Hall–Kier alpha value is -5.28. The summed E-state index contributed by atoms with van der Waals surface area (Å²) < 4.78 is 0. The lowest BCUT2D eigenvalue weighted by Gasteiger charge is -2.31. The van der Waals surface area contributed by atoms with Gasteiger partial charge in [-0.1, -0.05) is 13.8 Å². The Kier molecular flexibility index (Phi) is 10.9. The fraction of sp³-hybridized carbons (Fsp3) is 0.660. The molecule has 0 aromatic carbocycles. The second-order valence-corrected chi connectivity index (χ2v) is 19.8. The number of aromatic nitrogens is 8. The van der Waals surface area contributed by atoms with Crippen LogP contribution in [0.4, 0.5) is 35.2 Å². The fourth-order valence-electron chi connectivity index (χ4n) is 12.0. The van der Waals surface area contributed by atoms with Crippen molar-refractivity contribution in [3.05, 3.63) is 46.0 Å². The number of aromatic amines is 2. The molecule has 63 heavy (non-hydrogen) atoms. The molecule has 0 spiro atoms. The van der Waals surface area contributed by atoms with E-state index in [2.05, 4.69) is 66.6 Å². The molecule has 3 atom stereocenters. The van der Waals surface area contributed by atoms with Crippen molar-refractivity contribution >= 4 is 47.0 Å². The number of hydrogen-bond acceptors (Lipinski definition) is 12. The first-order valence-electron chi connectivity index (χ1n) is 24.4. The maximum absolute atomic E-state index is 14.3. The zero-order chi connectivity index (χ0) is 42.6. The van der Waals surface area contributed by atoms with Gasteiger partial charge >= 0.3 is 0 Å². The smallest absolute Gasteiger partial charge is 0.245 e. The summed E-state index contributed by atoms with van der Waals surface area (Å²) in [5.74, 6) is 6.69. The Labute approximate surface area is 370 Å². The Morgan fingerprint density at radius 2 is 1.21 bits per heavy atom. The average molecular weight is 857 g/mol. The Morgan fingerprint density at radius 3 is 1.83 bits per heavy atom. The van der Waals surface area contributed by atoms with Gasteiger partial charge in [0.2, 0.25) is 23.7 Å². The molecule has 4 aromatic rings. The first-order chi connectivity index (χ1) is 30.8. The van der Waals surface area contributed by atoms with Crippen molar-refractivity contribution in [2.75, 3.05) is 59.7 Å². The number of aryl methyl sites for hydroxylation is 2. The number of amides is 2. The van der Waals surface area contributed by atoms with Crippen molar-refractivity contribution in [1.82, 2.24) is 50.1 Å². The summed E-state index contributed by atoms with van der Waals surface area (Å²) >= 11 is 0. The summed E-state index contributed by atoms with van der Waals surface area (Å²) in [4.78, 5) is 56.9. The Balaban J connectivity index is 0.776. The van der Waals surface area contributed by atoms with Crippen molar-refractivity contribution in [2.45, 2.75) is 147 Å². The zero-order valence-electron chi connectivity index (χ0n) is 37.2. The molecule has 4 N–H and O–H groups in total. The van der Waals surface area contributed by atoms with Crippen LogP contribution in [0.15, 0.2) is 12.1 Å². The molecular weight excluding hydrogens is 793 g/mol. The van der Waals surface area contributed by atoms with E-state index in [0.717, 1.165) is 194 Å². The first kappa shape index (κ1) is 40.5. The van der Waals surface area contributed by atoms with Crippen LogP contribution in [0.25, 0.3) is 0 Å². The predicted octanol–water partition coefficient (Wildman–Crippen LogP) is 6.68. The fourth-order valence-corrected chi connectivity index (χ4v) is 12.0. The van der Waals surface area contributed by atoms with E-state index in [9.17, 15) is 9.59 Å². The van der Waals surface area contributed by atoms with Gasteiger partial charge < -0.3 is 30.2 Å². The number of H-pyrrole nitrogens is 2. The molecule has 4 aliphatic heterocycles. The monoisotopic (exact) mass is 857 g/mol. The SMILES string of the molecule is CC(C)c1cc(Nc2nc(N3CC(C4CCC(c5cc(Nc6nc(N7CCCC7C(=O)N7CCCC7)nc7c6CCC7)n[nH]5)CC4)CC3C(=O)N3CCCC3)nc3c2CCC3)n[nH]1. The maximum atomic E-state index is 14.3. The quantitative estimate of drug-likeness (QED) is 0.126. The second-order valence-electron chi connectivity index (χ2n) is 19.8. The van der Waals surface area contributed by atoms with Crippen molar-refractivity contribution < 1.29 is 9.59 Å². The number of anilines is 6. The van der Waals surface area contributed by atoms with Gasteiger partial charge in [-0.3, -0.25) is 19.8 Å². The lowest BCUT2D eigenvalue weighted by atomic mass is 9.74. The predicted molar refractivity (Wildman–Crippen MR) is 242 cm³/mol. The van der Waals surface area contributed by atoms with Gasteiger partial charge in [-0.25, -0.2) is 9.97 Å². The molecule has 16 nitrogen and oxygen atoms in total. The van der Waals surface area contributed by atoms with E-state index in [1.165, 1.54) is 11.1 Å². The van der Waals surface area contributed by atoms with E-state index in [4.69, 9.17) is 25.0 Å². The molecule has 8 heterocycles. The molecule has 4 saturated heterocycles. The summed E-state index contributed by atoms with van der Waals surface area (Å²) in [6.07, 6.45) is 17.2. The minimum absolute atomic E-state index is 0.181. The van der Waals surface area contributed by atoms with Crippen LogP contribution in [-0.4, -0.2) is 113 Å². The molecule has 0 bridgehead atoms. The topological polar surface area (TPSA) is 180 Å². The van der Waals surface area contributed by atoms with Crippen molar-refractivity contribution in [3.8, 4) is 0 Å². The van der Waals surface area contributed by atoms with Gasteiger partial charge in [-0.15, -0.1) is 0 Å². The summed E-state index contributed by atoms with van der Waals surface area (Å²) in [6.45, 7) is 9.32. The van der Waals surface area contributed by atoms with Gasteiger partial charge in [0.1, 0.15) is 23.7 Å². The summed E-state index contributed by atoms with van der Waals surface area (Å²) in [5, 5.41) is 23.0. The molecule has 3 aliphatic carbocycles. The van der Waals surface area contributed by atoms with Crippen molar-refractivity contribution in [2.24, 2.45) is 11.8 Å². The lowest BCUT2D eigenvalue weighted by molar-refractivity contribution is -0.132. The molecule has 11 rings (SSSR count). The number of nitrogens with one attached hydrogen (secondary N) is 4. The molecule has 2 amide bonds. The number of fused-ring (bicyclic) bond motifs is 2. The highest BCUT2D eigenvalue weighted by Gasteiger charge is 2.45. The lowest BCUT2D eigenvalue weighted by Crippen LogP contribution is -2.45. The molecule has 334 valence electrons. The first-order valence-corrected chi connectivity index (χ1v) is 24.4. The Bertz CT molecular complexity index is 2320. The van der Waals surface area contributed by atoms with Crippen LogP contribution in [-0.2, 0) is 35.3 Å². The van der Waals surface area contributed by atoms with Crippen LogP contribution in [0.3, 0.4) is 0 Å². The highest BCUT2D eigenvalue weighted by atomic mass is 16.2. The molecule has 3 unspecified atom stereocenters.